The summed E-state index contributed by atoms with van der Waals surface area (Å²) < 4.78 is 48.4. The van der Waals surface area contributed by atoms with Crippen LogP contribution >= 0.6 is 11.6 Å². The molecule has 2 saturated heterocycles. The molecular weight excluding hydrogens is 892 g/mol. The molecule has 4 heterocycles. The van der Waals surface area contributed by atoms with E-state index in [1.807, 2.05) is 19.1 Å². The highest BCUT2D eigenvalue weighted by atomic mass is 35.5. The van der Waals surface area contributed by atoms with Crippen LogP contribution in [0.4, 0.5) is 0 Å². The number of aliphatic hydroxyl groups excluding tert-OH is 3. The minimum Gasteiger partial charge on any atom is -0.505 e. The number of aliphatic carboxylic acids is 1. The average molecular weight is 955 g/mol. The molecule has 0 amide bonds. The molecule has 67 heavy (non-hydrogen) atoms. The molecule has 16 unspecified atom stereocenters. The van der Waals surface area contributed by atoms with E-state index in [0.29, 0.717) is 42.7 Å². The predicted octanol–water partition coefficient (Wildman–Crippen LogP) is 6.96. The Bertz CT molecular complexity index is 2210. The minimum atomic E-state index is -1.62. The van der Waals surface area contributed by atoms with Gasteiger partial charge in [-0.1, -0.05) is 61.7 Å². The Labute approximate surface area is 395 Å². The molecule has 1 aromatic rings. The fourth-order valence-corrected chi connectivity index (χ4v) is 11.8. The second kappa shape index (κ2) is 19.6. The van der Waals surface area contributed by atoms with E-state index in [4.69, 9.17) is 49.5 Å². The monoisotopic (exact) mass is 954 g/mol. The lowest BCUT2D eigenvalue weighted by atomic mass is 9.55. The number of fused-ring (bicyclic) bond motifs is 3. The normalized spacial score (nSPS) is 40.0. The Kier molecular flexibility index (Phi) is 14.4. The highest BCUT2D eigenvalue weighted by Gasteiger charge is 2.60. The first-order chi connectivity index (χ1) is 31.9. The van der Waals surface area contributed by atoms with Crippen molar-refractivity contribution >= 4 is 35.5 Å². The molecule has 8 rings (SSSR count). The Morgan fingerprint density at radius 1 is 0.910 bits per heavy atom. The van der Waals surface area contributed by atoms with Gasteiger partial charge < -0.3 is 58.3 Å². The summed E-state index contributed by atoms with van der Waals surface area (Å²) in [6.45, 7) is 8.63. The van der Waals surface area contributed by atoms with Gasteiger partial charge in [0, 0.05) is 41.7 Å². The number of benzene rings is 1. The van der Waals surface area contributed by atoms with Crippen molar-refractivity contribution in [2.24, 2.45) is 35.0 Å². The van der Waals surface area contributed by atoms with Gasteiger partial charge in [-0.15, -0.1) is 0 Å². The summed E-state index contributed by atoms with van der Waals surface area (Å²) in [4.78, 5) is 53.9. The number of carboxylic acids is 1. The summed E-state index contributed by atoms with van der Waals surface area (Å²) in [6.07, 6.45) is 6.54. The molecule has 3 aliphatic carbocycles. The van der Waals surface area contributed by atoms with Crippen molar-refractivity contribution in [2.75, 3.05) is 7.11 Å². The molecule has 7 aliphatic rings. The van der Waals surface area contributed by atoms with Gasteiger partial charge in [0.15, 0.2) is 23.9 Å². The second-order valence-corrected chi connectivity index (χ2v) is 20.0. The highest BCUT2D eigenvalue weighted by molar-refractivity contribution is 6.32. The van der Waals surface area contributed by atoms with Crippen molar-refractivity contribution in [3.8, 4) is 5.75 Å². The number of allylic oxidation sites excluding steroid dienone is 2. The van der Waals surface area contributed by atoms with Crippen LogP contribution in [0.25, 0.3) is 0 Å². The van der Waals surface area contributed by atoms with Gasteiger partial charge >= 0.3 is 23.9 Å². The summed E-state index contributed by atoms with van der Waals surface area (Å²) in [6, 6.07) is 3.18. The summed E-state index contributed by atoms with van der Waals surface area (Å²) in [5.41, 5.74) is -2.00. The number of esters is 3. The molecular formula is C50H63ClO16. The zero-order valence-corrected chi connectivity index (χ0v) is 39.5. The van der Waals surface area contributed by atoms with E-state index in [0.717, 1.165) is 12.8 Å². The summed E-state index contributed by atoms with van der Waals surface area (Å²) in [5, 5.41) is 44.6. The number of hydrogen-bond acceptors (Lipinski definition) is 15. The van der Waals surface area contributed by atoms with Gasteiger partial charge in [-0.2, -0.15) is 0 Å². The van der Waals surface area contributed by atoms with Gasteiger partial charge in [-0.3, -0.25) is 4.79 Å². The van der Waals surface area contributed by atoms with Crippen LogP contribution in [0.2, 0.25) is 5.02 Å². The lowest BCUT2D eigenvalue weighted by Crippen LogP contribution is -2.56. The third kappa shape index (κ3) is 9.19. The second-order valence-electron chi connectivity index (χ2n) is 19.5. The number of halogens is 1. The van der Waals surface area contributed by atoms with E-state index in [1.54, 1.807) is 45.9 Å². The van der Waals surface area contributed by atoms with Gasteiger partial charge in [0.25, 0.3) is 5.76 Å². The van der Waals surface area contributed by atoms with Crippen LogP contribution < -0.4 is 4.74 Å². The van der Waals surface area contributed by atoms with Gasteiger partial charge in [0.05, 0.1) is 36.9 Å². The molecule has 16 nitrogen and oxygen atoms in total. The molecule has 3 fully saturated rings. The van der Waals surface area contributed by atoms with Gasteiger partial charge in [0.1, 0.15) is 29.6 Å². The maximum absolute atomic E-state index is 14.8. The number of rotatable bonds is 8. The number of carbonyl (C=O) groups is 4. The highest BCUT2D eigenvalue weighted by Crippen LogP contribution is 2.55. The number of aliphatic hydroxyl groups is 3. The van der Waals surface area contributed by atoms with E-state index in [-0.39, 0.29) is 53.9 Å². The van der Waals surface area contributed by atoms with Crippen LogP contribution in [0.1, 0.15) is 108 Å². The first kappa shape index (κ1) is 49.1. The van der Waals surface area contributed by atoms with E-state index < -0.39 is 114 Å². The molecule has 1 aromatic carbocycles. The average Bonchev–Trinajstić information content (AvgIpc) is 3.50. The zero-order chi connectivity index (χ0) is 48.1. The largest absolute Gasteiger partial charge is 0.505 e. The minimum absolute atomic E-state index is 0.00846. The van der Waals surface area contributed by atoms with Crippen LogP contribution in [0.5, 0.6) is 5.75 Å². The molecule has 1 spiro atoms. The molecule has 0 aromatic heterocycles. The molecule has 16 atom stereocenters. The van der Waals surface area contributed by atoms with Crippen LogP contribution in [0, 0.1) is 41.9 Å². The van der Waals surface area contributed by atoms with Crippen LogP contribution in [-0.2, 0) is 47.5 Å². The van der Waals surface area contributed by atoms with E-state index in [9.17, 15) is 39.6 Å². The first-order valence-electron chi connectivity index (χ1n) is 23.6. The van der Waals surface area contributed by atoms with Crippen molar-refractivity contribution in [2.45, 2.75) is 160 Å². The lowest BCUT2D eigenvalue weighted by Gasteiger charge is -2.51. The topological polar surface area (TPSA) is 223 Å². The lowest BCUT2D eigenvalue weighted by molar-refractivity contribution is -0.318. The van der Waals surface area contributed by atoms with Gasteiger partial charge in [-0.05, 0) is 95.2 Å². The van der Waals surface area contributed by atoms with Crippen molar-refractivity contribution in [1.82, 2.24) is 0 Å². The fourth-order valence-electron chi connectivity index (χ4n) is 11.7. The van der Waals surface area contributed by atoms with Crippen LogP contribution in [0.3, 0.4) is 0 Å². The standard InChI is InChI=1S/C50H63ClO16/c1-24-23-50-29(20-31(24)45(55)56)13-10-8-7-9-12-28-16-17-30-32(49(28,5)48(59)66-43(44(50)54)47(58)67-50)14-11-15-35(30)63-38-21-34(52)42(27(4)62-38)65-39-22-37(41(53)26(3)61-39)64-46(57)40-25(2)33(51)18-19-36(40)60-6/h10,13,16-20,24,26-30,32,34-35,37-39,41-42,52-54H,7-9,11-12,14-15,21-23H2,1-6H3,(H,55,56). The number of hydrogen-bond donors (Lipinski definition) is 4. The smallest absolute Gasteiger partial charge is 0.379 e. The predicted molar refractivity (Wildman–Crippen MR) is 238 cm³/mol. The molecule has 4 aliphatic heterocycles. The van der Waals surface area contributed by atoms with Crippen molar-refractivity contribution in [3.63, 3.8) is 0 Å². The SMILES string of the molecule is COc1ccc(Cl)c(C)c1C(=O)OC1CC(OC2C(O)CC(OC3CCCC4C3C=CC3CCCCC=CC5C=C(C(=O)O)C(C)CC56OC(=O)C(=C6O)OC(=O)C34C)OC2C)OC(C)C1O. The Morgan fingerprint density at radius 2 is 1.66 bits per heavy atom. The Balaban J connectivity index is 0.952. The summed E-state index contributed by atoms with van der Waals surface area (Å²) in [5.74, 6) is -6.44. The van der Waals surface area contributed by atoms with Gasteiger partial charge in [-0.25, -0.2) is 14.4 Å². The Morgan fingerprint density at radius 3 is 2.39 bits per heavy atom. The number of carbonyl (C=O) groups excluding carboxylic acids is 3. The molecule has 4 N–H and O–H groups in total. The summed E-state index contributed by atoms with van der Waals surface area (Å²) in [7, 11) is 1.43. The quantitative estimate of drug-likeness (QED) is 0.117. The van der Waals surface area contributed by atoms with E-state index in [2.05, 4.69) is 6.08 Å². The van der Waals surface area contributed by atoms with E-state index in [1.165, 1.54) is 13.2 Å². The molecule has 366 valence electrons. The number of methoxy groups -OCH3 is 1. The number of carboxylic acid groups (broad SMARTS) is 1. The zero-order valence-electron chi connectivity index (χ0n) is 38.8. The maximum atomic E-state index is 14.8. The van der Waals surface area contributed by atoms with E-state index >= 15 is 0 Å². The Hall–Kier alpha value is -4.29. The van der Waals surface area contributed by atoms with Crippen molar-refractivity contribution in [1.29, 1.82) is 0 Å². The van der Waals surface area contributed by atoms with Crippen LogP contribution in [0.15, 0.2) is 59.6 Å². The fraction of sp³-hybridized carbons (Fsp3) is 0.640. The third-order valence-electron chi connectivity index (χ3n) is 15.5. The van der Waals surface area contributed by atoms with Crippen LogP contribution in [-0.4, -0.2) is 112 Å². The number of ether oxygens (including phenoxy) is 8. The molecule has 2 bridgehead atoms. The molecule has 0 radical (unpaired) electrons. The summed E-state index contributed by atoms with van der Waals surface area (Å²) >= 11 is 6.30. The third-order valence-corrected chi connectivity index (χ3v) is 15.9. The maximum Gasteiger partial charge on any atom is 0.379 e. The molecule has 17 heteroatoms. The molecule has 1 saturated carbocycles. The first-order valence-corrected chi connectivity index (χ1v) is 24.0. The van der Waals surface area contributed by atoms with Crippen molar-refractivity contribution in [3.05, 3.63) is 75.8 Å². The van der Waals surface area contributed by atoms with Crippen molar-refractivity contribution < 1.29 is 77.5 Å². The van der Waals surface area contributed by atoms with Gasteiger partial charge in [0.2, 0.25) is 0 Å².